The lowest BCUT2D eigenvalue weighted by Crippen LogP contribution is -1.85. The molecule has 1 heterocycles. The van der Waals surface area contributed by atoms with Gasteiger partial charge in [-0.3, -0.25) is 0 Å². The lowest BCUT2D eigenvalue weighted by Gasteiger charge is -1.96. The zero-order valence-corrected chi connectivity index (χ0v) is 9.66. The van der Waals surface area contributed by atoms with Crippen LogP contribution in [0, 0.1) is 0 Å². The van der Waals surface area contributed by atoms with Gasteiger partial charge in [-0.25, -0.2) is 0 Å². The van der Waals surface area contributed by atoms with Gasteiger partial charge in [0.05, 0.1) is 12.1 Å². The summed E-state index contributed by atoms with van der Waals surface area (Å²) in [5, 5.41) is 0. The fourth-order valence-electron chi connectivity index (χ4n) is 2.48. The van der Waals surface area contributed by atoms with E-state index >= 15 is 0 Å². The molecular formula is C16H15N. The van der Waals surface area contributed by atoms with Crippen LogP contribution in [0.25, 0.3) is 0 Å². The van der Waals surface area contributed by atoms with Crippen LogP contribution in [0.5, 0.6) is 0 Å². The summed E-state index contributed by atoms with van der Waals surface area (Å²) in [4.78, 5) is 2.30. The molecule has 84 valence electrons. The van der Waals surface area contributed by atoms with E-state index in [-0.39, 0.29) is 0 Å². The smallest absolute Gasteiger partial charge is 0.0789 e. The van der Waals surface area contributed by atoms with Gasteiger partial charge in [-0.1, -0.05) is 67.2 Å². The van der Waals surface area contributed by atoms with Crippen LogP contribution in [0.1, 0.15) is 23.2 Å². The molecule has 0 aromatic heterocycles. The first kappa shape index (κ1) is 10.2. The van der Waals surface area contributed by atoms with Crippen molar-refractivity contribution in [3.63, 3.8) is 0 Å². The van der Waals surface area contributed by atoms with Crippen LogP contribution in [-0.2, 0) is 0 Å². The minimum Gasteiger partial charge on any atom is -0.359 e. The molecule has 1 aliphatic rings. The van der Waals surface area contributed by atoms with Gasteiger partial charge in [0, 0.05) is 0 Å². The largest absolute Gasteiger partial charge is 0.359 e. The van der Waals surface area contributed by atoms with Gasteiger partial charge in [0.2, 0.25) is 0 Å². The summed E-state index contributed by atoms with van der Waals surface area (Å²) in [6, 6.07) is 22.1. The molecule has 2 aromatic rings. The van der Waals surface area contributed by atoms with E-state index in [1.807, 2.05) is 6.20 Å². The minimum atomic E-state index is 0.455. The van der Waals surface area contributed by atoms with Crippen molar-refractivity contribution >= 4 is 0 Å². The maximum absolute atomic E-state index is 3.90. The third-order valence-corrected chi connectivity index (χ3v) is 3.34. The van der Waals surface area contributed by atoms with Crippen LogP contribution in [-0.4, -0.2) is 4.90 Å². The van der Waals surface area contributed by atoms with E-state index in [2.05, 4.69) is 72.1 Å². The summed E-state index contributed by atoms with van der Waals surface area (Å²) in [7, 11) is 0. The van der Waals surface area contributed by atoms with Crippen LogP contribution in [0.3, 0.4) is 0 Å². The highest BCUT2D eigenvalue weighted by atomic mass is 15.3. The van der Waals surface area contributed by atoms with Gasteiger partial charge in [-0.15, -0.1) is 0 Å². The Kier molecular flexibility index (Phi) is 2.45. The van der Waals surface area contributed by atoms with Gasteiger partial charge < -0.3 is 4.90 Å². The van der Waals surface area contributed by atoms with Gasteiger partial charge in [0.25, 0.3) is 0 Å². The first-order valence-corrected chi connectivity index (χ1v) is 5.91. The molecule has 1 heteroatoms. The summed E-state index contributed by atoms with van der Waals surface area (Å²) < 4.78 is 0. The molecule has 1 nitrogen and oxygen atoms in total. The van der Waals surface area contributed by atoms with Crippen molar-refractivity contribution in [2.45, 2.75) is 12.1 Å². The van der Waals surface area contributed by atoms with Gasteiger partial charge in [-0.2, -0.15) is 0 Å². The highest BCUT2D eigenvalue weighted by molar-refractivity contribution is 5.35. The fraction of sp³-hybridized carbons (Fsp3) is 0.125. The molecular weight excluding hydrogens is 206 g/mol. The van der Waals surface area contributed by atoms with E-state index in [4.69, 9.17) is 0 Å². The van der Waals surface area contributed by atoms with Crippen LogP contribution in [0.15, 0.2) is 73.4 Å². The number of hydrogen-bond donors (Lipinski definition) is 0. The molecule has 0 unspecified atom stereocenters. The van der Waals surface area contributed by atoms with Crippen molar-refractivity contribution in [3.05, 3.63) is 84.6 Å². The second-order valence-electron chi connectivity index (χ2n) is 4.34. The molecule has 3 rings (SSSR count). The lowest BCUT2D eigenvalue weighted by molar-refractivity contribution is 0.661. The van der Waals surface area contributed by atoms with E-state index in [9.17, 15) is 0 Å². The summed E-state index contributed by atoms with van der Waals surface area (Å²) in [6.45, 7) is 3.90. The molecule has 1 fully saturated rings. The zero-order chi connectivity index (χ0) is 11.7. The predicted octanol–water partition coefficient (Wildman–Crippen LogP) is 3.93. The summed E-state index contributed by atoms with van der Waals surface area (Å²) >= 11 is 0. The standard InChI is InChI=1S/C16H15N/c1-2-17-15(13-9-5-3-6-10-13)16(17)14-11-7-4-8-12-14/h2-12,15-16H,1H2/t15-,16+,17?. The molecule has 2 aromatic carbocycles. The van der Waals surface area contributed by atoms with Crippen LogP contribution < -0.4 is 0 Å². The Labute approximate surface area is 102 Å². The lowest BCUT2D eigenvalue weighted by atomic mass is 10.0. The van der Waals surface area contributed by atoms with Crippen LogP contribution in [0.2, 0.25) is 0 Å². The van der Waals surface area contributed by atoms with E-state index in [1.54, 1.807) is 0 Å². The SMILES string of the molecule is C=CN1[C@H](c2ccccc2)[C@@H]1c1ccccc1. The first-order valence-electron chi connectivity index (χ1n) is 5.91. The molecule has 2 atom stereocenters. The Morgan fingerprint density at radius 3 is 1.53 bits per heavy atom. The summed E-state index contributed by atoms with van der Waals surface area (Å²) in [5.41, 5.74) is 2.72. The van der Waals surface area contributed by atoms with E-state index in [1.165, 1.54) is 11.1 Å². The van der Waals surface area contributed by atoms with Crippen molar-refractivity contribution in [3.8, 4) is 0 Å². The molecule has 17 heavy (non-hydrogen) atoms. The van der Waals surface area contributed by atoms with Gasteiger partial charge in [0.15, 0.2) is 0 Å². The molecule has 0 bridgehead atoms. The minimum absolute atomic E-state index is 0.455. The number of nitrogens with zero attached hydrogens (tertiary/aromatic N) is 1. The van der Waals surface area contributed by atoms with E-state index in [0.29, 0.717) is 12.1 Å². The van der Waals surface area contributed by atoms with Gasteiger partial charge in [-0.05, 0) is 17.3 Å². The second-order valence-corrected chi connectivity index (χ2v) is 4.34. The molecule has 0 aliphatic carbocycles. The van der Waals surface area contributed by atoms with Gasteiger partial charge >= 0.3 is 0 Å². The average Bonchev–Trinajstić information content (AvgIpc) is 3.15. The van der Waals surface area contributed by atoms with Crippen LogP contribution >= 0.6 is 0 Å². The Balaban J connectivity index is 1.91. The average molecular weight is 221 g/mol. The zero-order valence-electron chi connectivity index (χ0n) is 9.66. The maximum atomic E-state index is 3.90. The molecule has 0 N–H and O–H groups in total. The Hall–Kier alpha value is -2.02. The van der Waals surface area contributed by atoms with Crippen molar-refractivity contribution < 1.29 is 0 Å². The monoisotopic (exact) mass is 221 g/mol. The van der Waals surface area contributed by atoms with Crippen LogP contribution in [0.4, 0.5) is 0 Å². The predicted molar refractivity (Wildman–Crippen MR) is 70.4 cm³/mol. The maximum Gasteiger partial charge on any atom is 0.0789 e. The number of rotatable bonds is 3. The first-order chi connectivity index (χ1) is 8.42. The Morgan fingerprint density at radius 1 is 0.765 bits per heavy atom. The normalized spacial score (nSPS) is 22.2. The van der Waals surface area contributed by atoms with Crippen molar-refractivity contribution in [2.24, 2.45) is 0 Å². The fourth-order valence-corrected chi connectivity index (χ4v) is 2.48. The quantitative estimate of drug-likeness (QED) is 0.710. The third kappa shape index (κ3) is 1.74. The van der Waals surface area contributed by atoms with Crippen molar-refractivity contribution in [1.82, 2.24) is 4.90 Å². The van der Waals surface area contributed by atoms with E-state index < -0.39 is 0 Å². The van der Waals surface area contributed by atoms with Crippen molar-refractivity contribution in [2.75, 3.05) is 0 Å². The molecule has 0 radical (unpaired) electrons. The van der Waals surface area contributed by atoms with Gasteiger partial charge in [0.1, 0.15) is 0 Å². The topological polar surface area (TPSA) is 3.01 Å². The van der Waals surface area contributed by atoms with Crippen molar-refractivity contribution in [1.29, 1.82) is 0 Å². The Bertz CT molecular complexity index is 458. The number of hydrogen-bond acceptors (Lipinski definition) is 1. The summed E-state index contributed by atoms with van der Waals surface area (Å²) in [6.07, 6.45) is 1.94. The highest BCUT2D eigenvalue weighted by Gasteiger charge is 2.46. The highest BCUT2D eigenvalue weighted by Crippen LogP contribution is 2.54. The molecule has 0 spiro atoms. The Morgan fingerprint density at radius 2 is 1.18 bits per heavy atom. The third-order valence-electron chi connectivity index (χ3n) is 3.34. The molecule has 1 aliphatic heterocycles. The molecule has 1 saturated heterocycles. The molecule has 0 saturated carbocycles. The number of benzene rings is 2. The van der Waals surface area contributed by atoms with E-state index in [0.717, 1.165) is 0 Å². The molecule has 0 amide bonds. The summed E-state index contributed by atoms with van der Waals surface area (Å²) in [5.74, 6) is 0. The second kappa shape index (κ2) is 4.10.